The molecule has 0 aromatic carbocycles. The van der Waals surface area contributed by atoms with E-state index >= 15 is 0 Å². The summed E-state index contributed by atoms with van der Waals surface area (Å²) in [6.45, 7) is 4.25. The van der Waals surface area contributed by atoms with Gasteiger partial charge in [-0.1, -0.05) is 0 Å². The number of hydrogen-bond acceptors (Lipinski definition) is 5. The molecule has 3 aliphatic rings. The molecule has 0 saturated carbocycles. The summed E-state index contributed by atoms with van der Waals surface area (Å²) in [6, 6.07) is 0.655. The minimum atomic E-state index is -0.136. The van der Waals surface area contributed by atoms with Gasteiger partial charge >= 0.3 is 0 Å². The van der Waals surface area contributed by atoms with Crippen LogP contribution >= 0.6 is 23.5 Å². The van der Waals surface area contributed by atoms with E-state index in [2.05, 4.69) is 33.7 Å². The summed E-state index contributed by atoms with van der Waals surface area (Å²) in [4.78, 5) is 28.4. The van der Waals surface area contributed by atoms with Crippen LogP contribution < -0.4 is 5.32 Å². The highest BCUT2D eigenvalue weighted by Crippen LogP contribution is 2.22. The van der Waals surface area contributed by atoms with E-state index in [4.69, 9.17) is 0 Å². The van der Waals surface area contributed by atoms with Gasteiger partial charge in [0.1, 0.15) is 0 Å². The van der Waals surface area contributed by atoms with Crippen molar-refractivity contribution in [2.24, 2.45) is 5.92 Å². The molecule has 0 bridgehead atoms. The van der Waals surface area contributed by atoms with E-state index in [1.54, 1.807) is 0 Å². The predicted molar refractivity (Wildman–Crippen MR) is 92.3 cm³/mol. The molecular formula is C15H25N3O2S2. The van der Waals surface area contributed by atoms with Crippen molar-refractivity contribution in [1.29, 1.82) is 0 Å². The molecule has 0 spiro atoms. The Morgan fingerprint density at radius 3 is 2.55 bits per heavy atom. The second kappa shape index (κ2) is 7.93. The number of carbonyl (C=O) groups is 2. The number of rotatable bonds is 2. The highest BCUT2D eigenvalue weighted by Gasteiger charge is 2.32. The molecule has 0 aromatic heterocycles. The number of amides is 2. The average molecular weight is 344 g/mol. The topological polar surface area (TPSA) is 52.7 Å². The van der Waals surface area contributed by atoms with E-state index in [1.165, 1.54) is 23.0 Å². The third kappa shape index (κ3) is 4.11. The fourth-order valence-electron chi connectivity index (χ4n) is 3.38. The zero-order valence-corrected chi connectivity index (χ0v) is 14.6. The van der Waals surface area contributed by atoms with Gasteiger partial charge in [-0.3, -0.25) is 14.5 Å². The van der Waals surface area contributed by atoms with Crippen molar-refractivity contribution in [2.45, 2.75) is 18.9 Å². The molecule has 3 heterocycles. The smallest absolute Gasteiger partial charge is 0.228 e. The molecule has 3 aliphatic heterocycles. The summed E-state index contributed by atoms with van der Waals surface area (Å²) in [5.74, 6) is 5.03. The summed E-state index contributed by atoms with van der Waals surface area (Å²) < 4.78 is 0. The summed E-state index contributed by atoms with van der Waals surface area (Å²) in [7, 11) is 0. The van der Waals surface area contributed by atoms with Crippen molar-refractivity contribution in [3.05, 3.63) is 0 Å². The van der Waals surface area contributed by atoms with E-state index in [-0.39, 0.29) is 17.7 Å². The fourth-order valence-corrected chi connectivity index (χ4v) is 6.00. The highest BCUT2D eigenvalue weighted by molar-refractivity contribution is 8.03. The first-order valence-electron chi connectivity index (χ1n) is 8.19. The van der Waals surface area contributed by atoms with Crippen molar-refractivity contribution in [1.82, 2.24) is 15.1 Å². The van der Waals surface area contributed by atoms with Gasteiger partial charge in [0.25, 0.3) is 0 Å². The molecule has 1 unspecified atom stereocenters. The maximum Gasteiger partial charge on any atom is 0.228 e. The van der Waals surface area contributed by atoms with E-state index < -0.39 is 0 Å². The number of nitrogens with zero attached hydrogens (tertiary/aromatic N) is 2. The third-order valence-corrected chi connectivity index (χ3v) is 7.16. The Hall–Kier alpha value is -0.400. The van der Waals surface area contributed by atoms with Crippen LogP contribution in [-0.2, 0) is 9.59 Å². The Labute approximate surface area is 140 Å². The highest BCUT2D eigenvalue weighted by atomic mass is 32.2. The van der Waals surface area contributed by atoms with E-state index in [0.717, 1.165) is 32.6 Å². The zero-order valence-electron chi connectivity index (χ0n) is 13.0. The van der Waals surface area contributed by atoms with Crippen LogP contribution in [0.25, 0.3) is 0 Å². The first kappa shape index (κ1) is 16.5. The van der Waals surface area contributed by atoms with Crippen LogP contribution in [0.2, 0.25) is 0 Å². The van der Waals surface area contributed by atoms with Gasteiger partial charge in [0.05, 0.1) is 5.92 Å². The van der Waals surface area contributed by atoms with Crippen LogP contribution in [-0.4, -0.2) is 83.4 Å². The van der Waals surface area contributed by atoms with Gasteiger partial charge in [0, 0.05) is 68.2 Å². The standard InChI is InChI=1S/C15H25N3O2S2/c19-14-8-12(9-16-14)15(20)18-3-1-2-17(4-5-18)13-10-21-6-7-22-11-13/h12-13H,1-11H2,(H,16,19). The number of thioether (sulfide) groups is 2. The monoisotopic (exact) mass is 343 g/mol. The molecule has 1 N–H and O–H groups in total. The third-order valence-electron chi connectivity index (χ3n) is 4.68. The van der Waals surface area contributed by atoms with Gasteiger partial charge in [-0.2, -0.15) is 23.5 Å². The molecule has 22 heavy (non-hydrogen) atoms. The lowest BCUT2D eigenvalue weighted by atomic mass is 10.1. The normalized spacial score (nSPS) is 29.0. The van der Waals surface area contributed by atoms with E-state index in [0.29, 0.717) is 19.0 Å². The molecule has 3 fully saturated rings. The number of nitrogens with one attached hydrogen (secondary N) is 1. The van der Waals surface area contributed by atoms with Crippen LogP contribution in [0.4, 0.5) is 0 Å². The largest absolute Gasteiger partial charge is 0.355 e. The molecule has 7 heteroatoms. The van der Waals surface area contributed by atoms with Crippen LogP contribution in [0.1, 0.15) is 12.8 Å². The van der Waals surface area contributed by atoms with Crippen molar-refractivity contribution >= 4 is 35.3 Å². The first-order chi connectivity index (χ1) is 10.7. The molecule has 3 rings (SSSR count). The van der Waals surface area contributed by atoms with E-state index in [1.807, 2.05) is 4.90 Å². The lowest BCUT2D eigenvalue weighted by Crippen LogP contribution is -2.43. The molecule has 2 amide bonds. The summed E-state index contributed by atoms with van der Waals surface area (Å²) >= 11 is 4.13. The van der Waals surface area contributed by atoms with Gasteiger partial charge in [0.2, 0.25) is 11.8 Å². The minimum absolute atomic E-state index is 0.0160. The lowest BCUT2D eigenvalue weighted by molar-refractivity contribution is -0.135. The molecule has 1 atom stereocenters. The molecule has 5 nitrogen and oxygen atoms in total. The van der Waals surface area contributed by atoms with Crippen molar-refractivity contribution in [3.8, 4) is 0 Å². The quantitative estimate of drug-likeness (QED) is 0.792. The Morgan fingerprint density at radius 2 is 1.86 bits per heavy atom. The van der Waals surface area contributed by atoms with Crippen LogP contribution in [0.5, 0.6) is 0 Å². The van der Waals surface area contributed by atoms with Crippen molar-refractivity contribution < 1.29 is 9.59 Å². The van der Waals surface area contributed by atoms with Gasteiger partial charge in [-0.25, -0.2) is 0 Å². The maximum atomic E-state index is 12.5. The molecular weight excluding hydrogens is 318 g/mol. The second-order valence-electron chi connectivity index (χ2n) is 6.22. The average Bonchev–Trinajstić information content (AvgIpc) is 2.76. The Balaban J connectivity index is 1.53. The van der Waals surface area contributed by atoms with Crippen LogP contribution in [0.15, 0.2) is 0 Å². The SMILES string of the molecule is O=C1CC(C(=O)N2CCCN(C3CSCCSC3)CC2)CN1. The van der Waals surface area contributed by atoms with Crippen molar-refractivity contribution in [2.75, 3.05) is 55.7 Å². The Morgan fingerprint density at radius 1 is 1.09 bits per heavy atom. The minimum Gasteiger partial charge on any atom is -0.355 e. The number of carbonyl (C=O) groups excluding carboxylic acids is 2. The fraction of sp³-hybridized carbons (Fsp3) is 0.867. The van der Waals surface area contributed by atoms with Gasteiger partial charge in [0.15, 0.2) is 0 Å². The number of hydrogen-bond donors (Lipinski definition) is 1. The molecule has 124 valence electrons. The summed E-state index contributed by atoms with van der Waals surface area (Å²) in [5, 5.41) is 2.77. The van der Waals surface area contributed by atoms with Crippen LogP contribution in [0.3, 0.4) is 0 Å². The van der Waals surface area contributed by atoms with Gasteiger partial charge < -0.3 is 10.2 Å². The second-order valence-corrected chi connectivity index (χ2v) is 8.52. The lowest BCUT2D eigenvalue weighted by Gasteiger charge is -2.29. The molecule has 3 saturated heterocycles. The molecule has 0 aliphatic carbocycles. The Kier molecular flexibility index (Phi) is 5.93. The van der Waals surface area contributed by atoms with Gasteiger partial charge in [-0.15, -0.1) is 0 Å². The zero-order chi connectivity index (χ0) is 15.4. The van der Waals surface area contributed by atoms with Crippen LogP contribution in [0, 0.1) is 5.92 Å². The van der Waals surface area contributed by atoms with Crippen molar-refractivity contribution in [3.63, 3.8) is 0 Å². The summed E-state index contributed by atoms with van der Waals surface area (Å²) in [5.41, 5.74) is 0. The van der Waals surface area contributed by atoms with E-state index in [9.17, 15) is 9.59 Å². The molecule has 0 radical (unpaired) electrons. The summed E-state index contributed by atoms with van der Waals surface area (Å²) in [6.07, 6.45) is 1.42. The van der Waals surface area contributed by atoms with Gasteiger partial charge in [-0.05, 0) is 6.42 Å². The molecule has 0 aromatic rings. The Bertz CT molecular complexity index is 414. The predicted octanol–water partition coefficient (Wildman–Crippen LogP) is 0.505. The maximum absolute atomic E-state index is 12.5. The first-order valence-corrected chi connectivity index (χ1v) is 10.5.